The molecule has 2 aliphatic rings. The summed E-state index contributed by atoms with van der Waals surface area (Å²) < 4.78 is 27.0. The third-order valence-corrected chi connectivity index (χ3v) is 6.43. The first-order chi connectivity index (χ1) is 12.0. The zero-order valence-electron chi connectivity index (χ0n) is 14.7. The number of carbonyl (C=O) groups is 1. The Bertz CT molecular complexity index is 691. The molecule has 138 valence electrons. The first-order valence-corrected chi connectivity index (χ1v) is 10.6. The van der Waals surface area contributed by atoms with E-state index in [2.05, 4.69) is 17.0 Å². The van der Waals surface area contributed by atoms with Crippen molar-refractivity contribution in [3.8, 4) is 0 Å². The molecule has 2 fully saturated rings. The third-order valence-electron chi connectivity index (χ3n) is 4.90. The minimum absolute atomic E-state index is 0.0130. The Balaban J connectivity index is 1.58. The van der Waals surface area contributed by atoms with Crippen molar-refractivity contribution in [1.82, 2.24) is 14.9 Å². The van der Waals surface area contributed by atoms with Crippen LogP contribution in [0.1, 0.15) is 43.0 Å². The smallest absolute Gasteiger partial charge is 0.253 e. The molecule has 1 aromatic rings. The lowest BCUT2D eigenvalue weighted by Crippen LogP contribution is -2.40. The van der Waals surface area contributed by atoms with Gasteiger partial charge >= 0.3 is 0 Å². The van der Waals surface area contributed by atoms with Crippen molar-refractivity contribution in [2.45, 2.75) is 43.5 Å². The fourth-order valence-electron chi connectivity index (χ4n) is 3.14. The SMILES string of the molecule is CCNCC1CCN(C(=O)c2ccc(S(=O)(=O)NC3CC3)cc2)CC1. The standard InChI is InChI=1S/C18H27N3O3S/c1-2-19-13-14-9-11-21(12-10-14)18(22)15-3-7-17(8-4-15)25(23,24)20-16-5-6-16/h3-4,7-8,14,16,19-20H,2,5-6,9-13H2,1H3. The predicted molar refractivity (Wildman–Crippen MR) is 97.0 cm³/mol. The molecule has 1 aliphatic carbocycles. The van der Waals surface area contributed by atoms with E-state index in [-0.39, 0.29) is 16.8 Å². The normalized spacial score (nSPS) is 19.2. The average Bonchev–Trinajstić information content (AvgIpc) is 3.43. The highest BCUT2D eigenvalue weighted by Crippen LogP contribution is 2.23. The van der Waals surface area contributed by atoms with Crippen molar-refractivity contribution in [2.24, 2.45) is 5.92 Å². The highest BCUT2D eigenvalue weighted by Gasteiger charge is 2.28. The lowest BCUT2D eigenvalue weighted by molar-refractivity contribution is 0.0690. The molecule has 0 unspecified atom stereocenters. The molecule has 1 amide bonds. The van der Waals surface area contributed by atoms with E-state index in [0.29, 0.717) is 11.5 Å². The summed E-state index contributed by atoms with van der Waals surface area (Å²) in [7, 11) is -3.46. The number of nitrogens with one attached hydrogen (secondary N) is 2. The quantitative estimate of drug-likeness (QED) is 0.769. The highest BCUT2D eigenvalue weighted by molar-refractivity contribution is 7.89. The van der Waals surface area contributed by atoms with Gasteiger partial charge in [0.15, 0.2) is 0 Å². The molecule has 1 saturated carbocycles. The number of hydrogen-bond acceptors (Lipinski definition) is 4. The van der Waals surface area contributed by atoms with E-state index < -0.39 is 10.0 Å². The van der Waals surface area contributed by atoms with Crippen LogP contribution in [0.2, 0.25) is 0 Å². The maximum absolute atomic E-state index is 12.6. The molecule has 0 bridgehead atoms. The molecule has 7 heteroatoms. The van der Waals surface area contributed by atoms with Gasteiger partial charge in [-0.3, -0.25) is 4.79 Å². The van der Waals surface area contributed by atoms with Crippen molar-refractivity contribution in [2.75, 3.05) is 26.2 Å². The van der Waals surface area contributed by atoms with Crippen LogP contribution in [0.3, 0.4) is 0 Å². The molecule has 1 aromatic carbocycles. The largest absolute Gasteiger partial charge is 0.339 e. The van der Waals surface area contributed by atoms with Gasteiger partial charge in [-0.25, -0.2) is 13.1 Å². The van der Waals surface area contributed by atoms with Gasteiger partial charge in [-0.2, -0.15) is 0 Å². The van der Waals surface area contributed by atoms with Crippen LogP contribution in [0.5, 0.6) is 0 Å². The number of hydrogen-bond donors (Lipinski definition) is 2. The number of rotatable bonds is 7. The highest BCUT2D eigenvalue weighted by atomic mass is 32.2. The van der Waals surface area contributed by atoms with Crippen LogP contribution in [-0.4, -0.2) is 51.4 Å². The van der Waals surface area contributed by atoms with Crippen LogP contribution < -0.4 is 10.0 Å². The van der Waals surface area contributed by atoms with Gasteiger partial charge in [-0.05, 0) is 69.0 Å². The summed E-state index contributed by atoms with van der Waals surface area (Å²) in [6, 6.07) is 6.37. The minimum Gasteiger partial charge on any atom is -0.339 e. The van der Waals surface area contributed by atoms with Crippen LogP contribution in [0.15, 0.2) is 29.2 Å². The lowest BCUT2D eigenvalue weighted by Gasteiger charge is -2.32. The Kier molecular flexibility index (Phi) is 5.76. The van der Waals surface area contributed by atoms with Gasteiger partial charge in [0.25, 0.3) is 5.91 Å². The molecule has 0 spiro atoms. The fraction of sp³-hybridized carbons (Fsp3) is 0.611. The predicted octanol–water partition coefficient (Wildman–Crippen LogP) is 1.59. The Morgan fingerprint density at radius 3 is 2.32 bits per heavy atom. The maximum atomic E-state index is 12.6. The average molecular weight is 365 g/mol. The zero-order chi connectivity index (χ0) is 17.9. The molecule has 0 radical (unpaired) electrons. The third kappa shape index (κ3) is 4.80. The Morgan fingerprint density at radius 2 is 1.76 bits per heavy atom. The van der Waals surface area contributed by atoms with Crippen LogP contribution in [0.4, 0.5) is 0 Å². The van der Waals surface area contributed by atoms with Crippen LogP contribution in [-0.2, 0) is 10.0 Å². The van der Waals surface area contributed by atoms with Crippen molar-refractivity contribution in [3.05, 3.63) is 29.8 Å². The minimum atomic E-state index is -3.46. The van der Waals surface area contributed by atoms with E-state index in [4.69, 9.17) is 0 Å². The molecular weight excluding hydrogens is 338 g/mol. The van der Waals surface area contributed by atoms with E-state index in [1.165, 1.54) is 12.1 Å². The van der Waals surface area contributed by atoms with Crippen molar-refractivity contribution < 1.29 is 13.2 Å². The van der Waals surface area contributed by atoms with Gasteiger partial charge in [0.1, 0.15) is 0 Å². The number of amides is 1. The summed E-state index contributed by atoms with van der Waals surface area (Å²) in [4.78, 5) is 14.7. The summed E-state index contributed by atoms with van der Waals surface area (Å²) in [5, 5.41) is 3.37. The maximum Gasteiger partial charge on any atom is 0.253 e. The van der Waals surface area contributed by atoms with E-state index >= 15 is 0 Å². The first-order valence-electron chi connectivity index (χ1n) is 9.12. The summed E-state index contributed by atoms with van der Waals surface area (Å²) >= 11 is 0. The van der Waals surface area contributed by atoms with Gasteiger partial charge in [0.2, 0.25) is 10.0 Å². The number of piperidine rings is 1. The number of sulfonamides is 1. The molecule has 0 atom stereocenters. The molecular formula is C18H27N3O3S. The van der Waals surface area contributed by atoms with Crippen molar-refractivity contribution in [3.63, 3.8) is 0 Å². The van der Waals surface area contributed by atoms with Crippen LogP contribution in [0.25, 0.3) is 0 Å². The van der Waals surface area contributed by atoms with E-state index in [0.717, 1.165) is 51.9 Å². The molecule has 6 nitrogen and oxygen atoms in total. The van der Waals surface area contributed by atoms with Gasteiger partial charge in [-0.1, -0.05) is 6.92 Å². The van der Waals surface area contributed by atoms with Gasteiger partial charge in [0.05, 0.1) is 4.90 Å². The second-order valence-electron chi connectivity index (χ2n) is 6.96. The zero-order valence-corrected chi connectivity index (χ0v) is 15.5. The fourth-order valence-corrected chi connectivity index (χ4v) is 4.44. The second-order valence-corrected chi connectivity index (χ2v) is 8.68. The lowest BCUT2D eigenvalue weighted by atomic mass is 9.96. The topological polar surface area (TPSA) is 78.5 Å². The molecule has 1 aliphatic heterocycles. The van der Waals surface area contributed by atoms with E-state index in [9.17, 15) is 13.2 Å². The second kappa shape index (κ2) is 7.85. The molecule has 1 saturated heterocycles. The summed E-state index contributed by atoms with van der Waals surface area (Å²) in [5.41, 5.74) is 0.551. The molecule has 1 heterocycles. The molecule has 25 heavy (non-hydrogen) atoms. The summed E-state index contributed by atoms with van der Waals surface area (Å²) in [6.07, 6.45) is 3.83. The van der Waals surface area contributed by atoms with Crippen LogP contribution in [0, 0.1) is 5.92 Å². The number of carbonyl (C=O) groups excluding carboxylic acids is 1. The monoisotopic (exact) mass is 365 g/mol. The van der Waals surface area contributed by atoms with Crippen LogP contribution >= 0.6 is 0 Å². The van der Waals surface area contributed by atoms with Gasteiger partial charge in [-0.15, -0.1) is 0 Å². The molecule has 2 N–H and O–H groups in total. The Hall–Kier alpha value is -1.44. The molecule has 0 aromatic heterocycles. The van der Waals surface area contributed by atoms with Crippen molar-refractivity contribution in [1.29, 1.82) is 0 Å². The van der Waals surface area contributed by atoms with Crippen molar-refractivity contribution >= 4 is 15.9 Å². The summed E-state index contributed by atoms with van der Waals surface area (Å²) in [6.45, 7) is 5.61. The Morgan fingerprint density at radius 1 is 1.12 bits per heavy atom. The van der Waals surface area contributed by atoms with Gasteiger partial charge in [0, 0.05) is 24.7 Å². The van der Waals surface area contributed by atoms with Gasteiger partial charge < -0.3 is 10.2 Å². The van der Waals surface area contributed by atoms with E-state index in [1.807, 2.05) is 4.90 Å². The number of benzene rings is 1. The Labute approximate surface area is 150 Å². The number of nitrogens with zero attached hydrogens (tertiary/aromatic N) is 1. The van der Waals surface area contributed by atoms with E-state index in [1.54, 1.807) is 12.1 Å². The number of likely N-dealkylation sites (tertiary alicyclic amines) is 1. The first kappa shape index (κ1) is 18.4. The summed E-state index contributed by atoms with van der Waals surface area (Å²) in [5.74, 6) is 0.617. The molecule has 3 rings (SSSR count).